The lowest BCUT2D eigenvalue weighted by Gasteiger charge is -2.16. The van der Waals surface area contributed by atoms with Crippen LogP contribution in [0.5, 0.6) is 5.75 Å². The van der Waals surface area contributed by atoms with Gasteiger partial charge in [0.05, 0.1) is 5.92 Å². The summed E-state index contributed by atoms with van der Waals surface area (Å²) < 4.78 is 11.0. The molecule has 0 bridgehead atoms. The molecule has 2 heterocycles. The van der Waals surface area contributed by atoms with Gasteiger partial charge in [-0.05, 0) is 49.6 Å². The molecule has 0 saturated carbocycles. The van der Waals surface area contributed by atoms with Gasteiger partial charge in [0.2, 0.25) is 11.8 Å². The highest BCUT2D eigenvalue weighted by molar-refractivity contribution is 7.98. The van der Waals surface area contributed by atoms with Crippen LogP contribution in [0.4, 0.5) is 11.7 Å². The molecule has 9 heteroatoms. The van der Waals surface area contributed by atoms with Gasteiger partial charge in [-0.1, -0.05) is 22.8 Å². The van der Waals surface area contributed by atoms with Crippen molar-refractivity contribution in [2.75, 3.05) is 29.6 Å². The van der Waals surface area contributed by atoms with Crippen molar-refractivity contribution < 1.29 is 18.7 Å². The Balaban J connectivity index is 1.33. The van der Waals surface area contributed by atoms with Crippen molar-refractivity contribution in [1.29, 1.82) is 0 Å². The summed E-state index contributed by atoms with van der Waals surface area (Å²) in [5, 5.41) is 10.4. The Morgan fingerprint density at radius 3 is 2.65 bits per heavy atom. The van der Waals surface area contributed by atoms with Gasteiger partial charge in [0.15, 0.2) is 6.61 Å². The highest BCUT2D eigenvalue weighted by atomic mass is 32.2. The molecular weight excluding hydrogens is 416 g/mol. The molecule has 1 fully saturated rings. The molecule has 1 unspecified atom stereocenters. The fraction of sp³-hybridized carbons (Fsp3) is 0.273. The van der Waals surface area contributed by atoms with Crippen molar-refractivity contribution in [2.24, 2.45) is 0 Å². The van der Waals surface area contributed by atoms with E-state index in [1.807, 2.05) is 49.6 Å². The second-order valence-electron chi connectivity index (χ2n) is 7.20. The second kappa shape index (κ2) is 9.22. The third-order valence-corrected chi connectivity index (χ3v) is 5.68. The van der Waals surface area contributed by atoms with Crippen LogP contribution in [-0.4, -0.2) is 41.4 Å². The number of aryl methyl sites for hydroxylation is 1. The zero-order chi connectivity index (χ0) is 21.8. The molecule has 3 aromatic rings. The molecule has 8 nitrogen and oxygen atoms in total. The van der Waals surface area contributed by atoms with Crippen LogP contribution in [0.25, 0.3) is 0 Å². The van der Waals surface area contributed by atoms with Gasteiger partial charge in [0, 0.05) is 23.5 Å². The van der Waals surface area contributed by atoms with E-state index >= 15 is 0 Å². The summed E-state index contributed by atoms with van der Waals surface area (Å²) in [6.45, 7) is 2.24. The number of benzene rings is 2. The third-order valence-electron chi connectivity index (χ3n) is 4.94. The van der Waals surface area contributed by atoms with Crippen LogP contribution >= 0.6 is 11.8 Å². The summed E-state index contributed by atoms with van der Waals surface area (Å²) in [6, 6.07) is 15.2. The first-order valence-electron chi connectivity index (χ1n) is 9.79. The quantitative estimate of drug-likeness (QED) is 0.563. The first kappa shape index (κ1) is 20.9. The van der Waals surface area contributed by atoms with Crippen molar-refractivity contribution in [3.05, 3.63) is 60.0 Å². The fourth-order valence-electron chi connectivity index (χ4n) is 3.27. The topological polar surface area (TPSA) is 97.6 Å². The number of amides is 2. The smallest absolute Gasteiger partial charge is 0.322 e. The van der Waals surface area contributed by atoms with Crippen LogP contribution in [0.3, 0.4) is 0 Å². The molecule has 2 amide bonds. The number of nitrogens with zero attached hydrogens (tertiary/aromatic N) is 3. The highest BCUT2D eigenvalue weighted by Crippen LogP contribution is 2.32. The maximum absolute atomic E-state index is 12.5. The van der Waals surface area contributed by atoms with E-state index in [0.717, 1.165) is 16.1 Å². The maximum Gasteiger partial charge on any atom is 0.322 e. The van der Waals surface area contributed by atoms with E-state index in [2.05, 4.69) is 15.5 Å². The van der Waals surface area contributed by atoms with Gasteiger partial charge in [0.25, 0.3) is 5.91 Å². The van der Waals surface area contributed by atoms with E-state index in [1.165, 1.54) is 0 Å². The SMILES string of the molecule is CSc1ccc(N2CC(c3nnc(NC(=O)COc4ccc(C)cc4)o3)CC2=O)cc1. The Morgan fingerprint density at radius 1 is 1.19 bits per heavy atom. The molecule has 160 valence electrons. The van der Waals surface area contributed by atoms with Crippen molar-refractivity contribution in [1.82, 2.24) is 10.2 Å². The summed E-state index contributed by atoms with van der Waals surface area (Å²) in [7, 11) is 0. The lowest BCUT2D eigenvalue weighted by Crippen LogP contribution is -2.24. The summed E-state index contributed by atoms with van der Waals surface area (Å²) in [5.74, 6) is 0.286. The molecule has 1 aliphatic heterocycles. The molecule has 0 aliphatic carbocycles. The minimum Gasteiger partial charge on any atom is -0.484 e. The average molecular weight is 439 g/mol. The Kier molecular flexibility index (Phi) is 6.22. The highest BCUT2D eigenvalue weighted by Gasteiger charge is 2.35. The minimum atomic E-state index is -0.409. The molecule has 2 aromatic carbocycles. The van der Waals surface area contributed by atoms with Crippen LogP contribution in [0.1, 0.15) is 23.8 Å². The maximum atomic E-state index is 12.5. The predicted octanol–water partition coefficient (Wildman–Crippen LogP) is 3.64. The van der Waals surface area contributed by atoms with Crippen LogP contribution in [-0.2, 0) is 9.59 Å². The lowest BCUT2D eigenvalue weighted by atomic mass is 10.1. The van der Waals surface area contributed by atoms with Gasteiger partial charge >= 0.3 is 6.01 Å². The largest absolute Gasteiger partial charge is 0.484 e. The number of hydrogen-bond donors (Lipinski definition) is 1. The zero-order valence-electron chi connectivity index (χ0n) is 17.2. The Hall–Kier alpha value is -3.33. The number of anilines is 2. The minimum absolute atomic E-state index is 0.00261. The van der Waals surface area contributed by atoms with E-state index in [4.69, 9.17) is 9.15 Å². The van der Waals surface area contributed by atoms with E-state index < -0.39 is 5.91 Å². The number of ether oxygens (including phenoxy) is 1. The molecule has 1 N–H and O–H groups in total. The standard InChI is InChI=1S/C22H22N4O4S/c1-14-3-7-17(8-4-14)29-13-19(27)23-22-25-24-21(30-22)15-11-20(28)26(12-15)16-5-9-18(31-2)10-6-16/h3-10,15H,11-13H2,1-2H3,(H,23,25,27). The normalized spacial score (nSPS) is 15.9. The fourth-order valence-corrected chi connectivity index (χ4v) is 3.68. The average Bonchev–Trinajstić information content (AvgIpc) is 3.40. The molecule has 0 radical (unpaired) electrons. The second-order valence-corrected chi connectivity index (χ2v) is 8.08. The Labute approximate surface area is 184 Å². The summed E-state index contributed by atoms with van der Waals surface area (Å²) in [5.41, 5.74) is 1.95. The number of thioether (sulfide) groups is 1. The van der Waals surface area contributed by atoms with Crippen LogP contribution in [0, 0.1) is 6.92 Å². The number of hydrogen-bond acceptors (Lipinski definition) is 7. The molecule has 31 heavy (non-hydrogen) atoms. The molecule has 0 spiro atoms. The number of aromatic nitrogens is 2. The molecule has 1 aromatic heterocycles. The summed E-state index contributed by atoms with van der Waals surface area (Å²) in [6.07, 6.45) is 2.28. The van der Waals surface area contributed by atoms with Crippen molar-refractivity contribution in [3.8, 4) is 5.75 Å². The van der Waals surface area contributed by atoms with Gasteiger partial charge in [-0.3, -0.25) is 14.9 Å². The zero-order valence-corrected chi connectivity index (χ0v) is 18.0. The predicted molar refractivity (Wildman–Crippen MR) is 118 cm³/mol. The van der Waals surface area contributed by atoms with E-state index in [0.29, 0.717) is 18.2 Å². The van der Waals surface area contributed by atoms with Crippen LogP contribution in [0.15, 0.2) is 57.8 Å². The number of nitrogens with one attached hydrogen (secondary N) is 1. The third kappa shape index (κ3) is 5.05. The summed E-state index contributed by atoms with van der Waals surface area (Å²) >= 11 is 1.65. The molecular formula is C22H22N4O4S. The Bertz CT molecular complexity index is 1070. The van der Waals surface area contributed by atoms with E-state index in [9.17, 15) is 9.59 Å². The molecule has 1 atom stereocenters. The van der Waals surface area contributed by atoms with Gasteiger partial charge in [-0.25, -0.2) is 0 Å². The number of carbonyl (C=O) groups excluding carboxylic acids is 2. The van der Waals surface area contributed by atoms with Crippen molar-refractivity contribution in [2.45, 2.75) is 24.2 Å². The number of rotatable bonds is 7. The van der Waals surface area contributed by atoms with Crippen LogP contribution < -0.4 is 15.0 Å². The van der Waals surface area contributed by atoms with E-state index in [-0.39, 0.29) is 30.9 Å². The van der Waals surface area contributed by atoms with Gasteiger partial charge in [-0.15, -0.1) is 16.9 Å². The first-order valence-corrected chi connectivity index (χ1v) is 11.0. The van der Waals surface area contributed by atoms with Gasteiger partial charge in [-0.2, -0.15) is 0 Å². The van der Waals surface area contributed by atoms with Crippen molar-refractivity contribution in [3.63, 3.8) is 0 Å². The van der Waals surface area contributed by atoms with Gasteiger partial charge in [0.1, 0.15) is 5.75 Å². The Morgan fingerprint density at radius 2 is 1.94 bits per heavy atom. The molecule has 1 saturated heterocycles. The van der Waals surface area contributed by atoms with Gasteiger partial charge < -0.3 is 14.1 Å². The monoisotopic (exact) mass is 438 g/mol. The van der Waals surface area contributed by atoms with Crippen LogP contribution in [0.2, 0.25) is 0 Å². The van der Waals surface area contributed by atoms with Crippen molar-refractivity contribution >= 4 is 35.3 Å². The summed E-state index contributed by atoms with van der Waals surface area (Å²) in [4.78, 5) is 27.4. The molecule has 1 aliphatic rings. The number of carbonyl (C=O) groups is 2. The molecule has 4 rings (SSSR count). The first-order chi connectivity index (χ1) is 15.0. The van der Waals surface area contributed by atoms with E-state index in [1.54, 1.807) is 28.8 Å². The lowest BCUT2D eigenvalue weighted by molar-refractivity contribution is -0.118.